The smallest absolute Gasteiger partial charge is 0.337 e. The lowest BCUT2D eigenvalue weighted by molar-refractivity contribution is -0.155. The number of nitrogens with one attached hydrogen (secondary N) is 1. The number of piperidine rings is 1. The molecule has 2 aliphatic rings. The number of carboxylic acid groups (broad SMARTS) is 1. The number of amides is 2. The molecule has 6 nitrogen and oxygen atoms in total. The second-order valence-electron chi connectivity index (χ2n) is 5.83. The Morgan fingerprint density at radius 2 is 2.00 bits per heavy atom. The lowest BCUT2D eigenvalue weighted by atomic mass is 9.92. The van der Waals surface area contributed by atoms with Crippen molar-refractivity contribution in [1.82, 2.24) is 10.2 Å². The largest absolute Gasteiger partial charge is 0.479 e. The lowest BCUT2D eigenvalue weighted by Gasteiger charge is -2.38. The van der Waals surface area contributed by atoms with Crippen molar-refractivity contribution in [2.45, 2.75) is 50.7 Å². The molecular formula is C13H22N2O4. The van der Waals surface area contributed by atoms with Gasteiger partial charge < -0.3 is 20.4 Å². The van der Waals surface area contributed by atoms with E-state index in [2.05, 4.69) is 5.32 Å². The van der Waals surface area contributed by atoms with Gasteiger partial charge in [-0.25, -0.2) is 9.59 Å². The highest BCUT2D eigenvalue weighted by atomic mass is 16.4. The van der Waals surface area contributed by atoms with E-state index in [-0.39, 0.29) is 12.6 Å². The van der Waals surface area contributed by atoms with Gasteiger partial charge >= 0.3 is 12.0 Å². The first-order valence-electron chi connectivity index (χ1n) is 6.92. The first-order valence-corrected chi connectivity index (χ1v) is 6.92. The van der Waals surface area contributed by atoms with Crippen LogP contribution in [-0.2, 0) is 4.79 Å². The summed E-state index contributed by atoms with van der Waals surface area (Å²) < 4.78 is 0. The second kappa shape index (κ2) is 5.36. The summed E-state index contributed by atoms with van der Waals surface area (Å²) in [7, 11) is 0. The average Bonchev–Trinajstić information content (AvgIpc) is 2.83. The first kappa shape index (κ1) is 14.1. The quantitative estimate of drug-likeness (QED) is 0.707. The SMILES string of the molecule is CC(O)(CNC(=O)N1CCCC2CCCC21)C(=O)O. The molecule has 1 heterocycles. The maximum Gasteiger partial charge on any atom is 0.337 e. The minimum absolute atomic E-state index is 0.252. The monoisotopic (exact) mass is 270 g/mol. The Hall–Kier alpha value is -1.30. The van der Waals surface area contributed by atoms with Crippen molar-refractivity contribution in [2.75, 3.05) is 13.1 Å². The van der Waals surface area contributed by atoms with E-state index in [1.165, 1.54) is 19.8 Å². The van der Waals surface area contributed by atoms with Gasteiger partial charge in [0.1, 0.15) is 0 Å². The van der Waals surface area contributed by atoms with E-state index in [1.54, 1.807) is 0 Å². The highest BCUT2D eigenvalue weighted by Crippen LogP contribution is 2.36. The molecular weight excluding hydrogens is 248 g/mol. The Bertz CT molecular complexity index is 370. The van der Waals surface area contributed by atoms with Gasteiger partial charge in [0.2, 0.25) is 0 Å². The zero-order valence-corrected chi connectivity index (χ0v) is 11.3. The van der Waals surface area contributed by atoms with Crippen LogP contribution in [0.5, 0.6) is 0 Å². The fourth-order valence-electron chi connectivity index (χ4n) is 3.13. The van der Waals surface area contributed by atoms with Crippen molar-refractivity contribution in [1.29, 1.82) is 0 Å². The number of hydrogen-bond donors (Lipinski definition) is 3. The molecule has 108 valence electrons. The maximum absolute atomic E-state index is 12.1. The van der Waals surface area contributed by atoms with Crippen molar-refractivity contribution >= 4 is 12.0 Å². The topological polar surface area (TPSA) is 89.9 Å². The summed E-state index contributed by atoms with van der Waals surface area (Å²) in [6, 6.07) is 0.0432. The molecule has 1 saturated carbocycles. The molecule has 2 rings (SSSR count). The van der Waals surface area contributed by atoms with Crippen LogP contribution in [0.25, 0.3) is 0 Å². The summed E-state index contributed by atoms with van der Waals surface area (Å²) in [5.41, 5.74) is -1.92. The van der Waals surface area contributed by atoms with Gasteiger partial charge in [-0.2, -0.15) is 0 Å². The second-order valence-corrected chi connectivity index (χ2v) is 5.83. The molecule has 0 bridgehead atoms. The molecule has 0 aromatic heterocycles. The van der Waals surface area contributed by atoms with Crippen LogP contribution >= 0.6 is 0 Å². The zero-order valence-electron chi connectivity index (χ0n) is 11.3. The molecule has 2 amide bonds. The third-order valence-electron chi connectivity index (χ3n) is 4.30. The van der Waals surface area contributed by atoms with E-state index in [4.69, 9.17) is 5.11 Å². The number of carbonyl (C=O) groups excluding carboxylic acids is 1. The molecule has 3 N–H and O–H groups in total. The fourth-order valence-corrected chi connectivity index (χ4v) is 3.13. The average molecular weight is 270 g/mol. The Morgan fingerprint density at radius 3 is 2.68 bits per heavy atom. The number of likely N-dealkylation sites (tertiary alicyclic amines) is 1. The highest BCUT2D eigenvalue weighted by molar-refractivity contribution is 5.79. The molecule has 19 heavy (non-hydrogen) atoms. The van der Waals surface area contributed by atoms with E-state index in [9.17, 15) is 14.7 Å². The molecule has 1 saturated heterocycles. The maximum atomic E-state index is 12.1. The predicted octanol–water partition coefficient (Wildman–Crippen LogP) is 0.796. The first-order chi connectivity index (χ1) is 8.92. The molecule has 0 aromatic rings. The summed E-state index contributed by atoms with van der Waals surface area (Å²) in [5, 5.41) is 20.9. The number of aliphatic carboxylic acids is 1. The van der Waals surface area contributed by atoms with Gasteiger partial charge in [-0.05, 0) is 38.5 Å². The van der Waals surface area contributed by atoms with Crippen LogP contribution in [0.1, 0.15) is 39.0 Å². The van der Waals surface area contributed by atoms with Crippen LogP contribution < -0.4 is 5.32 Å². The van der Waals surface area contributed by atoms with Gasteiger partial charge in [-0.3, -0.25) is 0 Å². The van der Waals surface area contributed by atoms with E-state index < -0.39 is 11.6 Å². The van der Waals surface area contributed by atoms with Crippen molar-refractivity contribution in [3.8, 4) is 0 Å². The van der Waals surface area contributed by atoms with Crippen LogP contribution in [-0.4, -0.2) is 51.8 Å². The molecule has 3 atom stereocenters. The number of carboxylic acids is 1. The fraction of sp³-hybridized carbons (Fsp3) is 0.846. The summed E-state index contributed by atoms with van der Waals surface area (Å²) in [4.78, 5) is 24.7. The van der Waals surface area contributed by atoms with Gasteiger partial charge in [-0.15, -0.1) is 0 Å². The van der Waals surface area contributed by atoms with Crippen molar-refractivity contribution in [2.24, 2.45) is 5.92 Å². The third kappa shape index (κ3) is 3.00. The molecule has 0 aromatic carbocycles. The van der Waals surface area contributed by atoms with Crippen molar-refractivity contribution in [3.05, 3.63) is 0 Å². The molecule has 2 fully saturated rings. The van der Waals surface area contributed by atoms with E-state index in [0.717, 1.165) is 25.8 Å². The van der Waals surface area contributed by atoms with Crippen LogP contribution in [0.2, 0.25) is 0 Å². The number of hydrogen-bond acceptors (Lipinski definition) is 3. The van der Waals surface area contributed by atoms with Crippen molar-refractivity contribution in [3.63, 3.8) is 0 Å². The summed E-state index contributed by atoms with van der Waals surface area (Å²) in [6.07, 6.45) is 5.56. The highest BCUT2D eigenvalue weighted by Gasteiger charge is 2.38. The van der Waals surface area contributed by atoms with Gasteiger partial charge in [0.15, 0.2) is 5.60 Å². The van der Waals surface area contributed by atoms with Crippen LogP contribution in [0, 0.1) is 5.92 Å². The molecule has 0 spiro atoms. The number of carbonyl (C=O) groups is 2. The molecule has 1 aliphatic carbocycles. The Balaban J connectivity index is 1.91. The Morgan fingerprint density at radius 1 is 1.32 bits per heavy atom. The lowest BCUT2D eigenvalue weighted by Crippen LogP contribution is -2.54. The van der Waals surface area contributed by atoms with Crippen LogP contribution in [0.15, 0.2) is 0 Å². The van der Waals surface area contributed by atoms with E-state index in [1.807, 2.05) is 4.90 Å². The van der Waals surface area contributed by atoms with Gasteiger partial charge in [0.05, 0.1) is 6.54 Å². The van der Waals surface area contributed by atoms with E-state index >= 15 is 0 Å². The van der Waals surface area contributed by atoms with Gasteiger partial charge in [0, 0.05) is 12.6 Å². The molecule has 3 unspecified atom stereocenters. The van der Waals surface area contributed by atoms with E-state index in [0.29, 0.717) is 12.0 Å². The number of aliphatic hydroxyl groups is 1. The summed E-state index contributed by atoms with van der Waals surface area (Å²) in [5.74, 6) is -0.732. The summed E-state index contributed by atoms with van der Waals surface area (Å²) >= 11 is 0. The molecule has 1 aliphatic heterocycles. The zero-order chi connectivity index (χ0) is 14.0. The molecule has 0 radical (unpaired) electrons. The number of nitrogens with zero attached hydrogens (tertiary/aromatic N) is 1. The van der Waals surface area contributed by atoms with Crippen LogP contribution in [0.3, 0.4) is 0 Å². The normalized spacial score (nSPS) is 29.5. The predicted molar refractivity (Wildman–Crippen MR) is 68.7 cm³/mol. The number of urea groups is 1. The van der Waals surface area contributed by atoms with Crippen LogP contribution in [0.4, 0.5) is 4.79 Å². The Kier molecular flexibility index (Phi) is 3.99. The molecule has 6 heteroatoms. The number of fused-ring (bicyclic) bond motifs is 1. The number of rotatable bonds is 3. The minimum atomic E-state index is -1.92. The van der Waals surface area contributed by atoms with Gasteiger partial charge in [0.25, 0.3) is 0 Å². The standard InChI is InChI=1S/C13H22N2O4/c1-13(19,11(16)17)8-14-12(18)15-7-3-5-9-4-2-6-10(9)15/h9-10,19H,2-8H2,1H3,(H,14,18)(H,16,17). The Labute approximate surface area is 112 Å². The van der Waals surface area contributed by atoms with Gasteiger partial charge in [-0.1, -0.05) is 6.42 Å². The third-order valence-corrected chi connectivity index (χ3v) is 4.30. The van der Waals surface area contributed by atoms with Crippen molar-refractivity contribution < 1.29 is 19.8 Å². The summed E-state index contributed by atoms with van der Waals surface area (Å²) in [6.45, 7) is 1.64. The minimum Gasteiger partial charge on any atom is -0.479 e.